The SMILES string of the molecule is Cn1cc2cc(-c3ccc4nc(N5CC[C@@H](NC6(CF)CC6)C5)ccc4n3)c(O)cc2n1. The van der Waals surface area contributed by atoms with Gasteiger partial charge in [0.25, 0.3) is 0 Å². The molecule has 0 amide bonds. The molecule has 1 aliphatic carbocycles. The molecule has 3 aromatic heterocycles. The van der Waals surface area contributed by atoms with Gasteiger partial charge in [-0.25, -0.2) is 14.4 Å². The summed E-state index contributed by atoms with van der Waals surface area (Å²) in [5.74, 6) is 1.08. The Morgan fingerprint density at radius 1 is 1.12 bits per heavy atom. The number of aromatic nitrogens is 4. The fourth-order valence-corrected chi connectivity index (χ4v) is 4.70. The lowest BCUT2D eigenvalue weighted by molar-refractivity contribution is 0.332. The highest BCUT2D eigenvalue weighted by molar-refractivity contribution is 5.88. The molecule has 6 rings (SSSR count). The van der Waals surface area contributed by atoms with Crippen LogP contribution in [0.15, 0.2) is 42.6 Å². The van der Waals surface area contributed by atoms with Gasteiger partial charge in [-0.05, 0) is 49.6 Å². The average molecular weight is 433 g/mol. The van der Waals surface area contributed by atoms with Crippen molar-refractivity contribution in [2.24, 2.45) is 7.05 Å². The van der Waals surface area contributed by atoms with E-state index in [0.717, 1.165) is 60.1 Å². The standard InChI is InChI=1S/C24H25FN6O/c1-30-12-15-10-17(22(32)11-21(15)29-30)18-2-3-20-19(26-18)4-5-23(27-20)31-9-6-16(13-31)28-24(14-25)7-8-24/h2-5,10-12,16,28,32H,6-9,13-14H2,1H3/t16-/m1/s1. The minimum absolute atomic E-state index is 0.157. The third kappa shape index (κ3) is 3.35. The molecule has 4 aromatic rings. The second-order valence-electron chi connectivity index (χ2n) is 9.13. The molecule has 2 fully saturated rings. The van der Waals surface area contributed by atoms with Crippen LogP contribution < -0.4 is 10.2 Å². The van der Waals surface area contributed by atoms with Gasteiger partial charge < -0.3 is 15.3 Å². The van der Waals surface area contributed by atoms with E-state index in [1.807, 2.05) is 43.6 Å². The zero-order chi connectivity index (χ0) is 21.9. The Labute approximate surface area is 184 Å². The van der Waals surface area contributed by atoms with E-state index in [1.54, 1.807) is 10.7 Å². The fourth-order valence-electron chi connectivity index (χ4n) is 4.70. The molecule has 1 aromatic carbocycles. The van der Waals surface area contributed by atoms with Gasteiger partial charge in [-0.1, -0.05) is 0 Å². The summed E-state index contributed by atoms with van der Waals surface area (Å²) in [6, 6.07) is 11.7. The number of hydrogen-bond donors (Lipinski definition) is 2. The smallest absolute Gasteiger partial charge is 0.129 e. The number of nitrogens with zero attached hydrogens (tertiary/aromatic N) is 5. The van der Waals surface area contributed by atoms with Crippen LogP contribution >= 0.6 is 0 Å². The van der Waals surface area contributed by atoms with Crippen molar-refractivity contribution in [3.63, 3.8) is 0 Å². The molecule has 4 heterocycles. The van der Waals surface area contributed by atoms with Crippen molar-refractivity contribution >= 4 is 27.8 Å². The third-order valence-corrected chi connectivity index (χ3v) is 6.67. The van der Waals surface area contributed by atoms with Gasteiger partial charge in [0.2, 0.25) is 0 Å². The quantitative estimate of drug-likeness (QED) is 0.502. The maximum atomic E-state index is 13.2. The Bertz CT molecular complexity index is 1330. The molecule has 0 radical (unpaired) electrons. The second kappa shape index (κ2) is 7.13. The maximum Gasteiger partial charge on any atom is 0.129 e. The highest BCUT2D eigenvalue weighted by Crippen LogP contribution is 2.37. The molecule has 1 aliphatic heterocycles. The van der Waals surface area contributed by atoms with Gasteiger partial charge in [0.1, 0.15) is 18.2 Å². The molecule has 2 aliphatic rings. The van der Waals surface area contributed by atoms with Gasteiger partial charge in [0.15, 0.2) is 0 Å². The van der Waals surface area contributed by atoms with Gasteiger partial charge in [-0.2, -0.15) is 5.10 Å². The van der Waals surface area contributed by atoms with Gasteiger partial charge in [-0.15, -0.1) is 0 Å². The summed E-state index contributed by atoms with van der Waals surface area (Å²) >= 11 is 0. The van der Waals surface area contributed by atoms with Crippen molar-refractivity contribution in [1.29, 1.82) is 0 Å². The molecule has 7 nitrogen and oxygen atoms in total. The zero-order valence-electron chi connectivity index (χ0n) is 17.9. The molecule has 1 atom stereocenters. The Balaban J connectivity index is 1.26. The second-order valence-corrected chi connectivity index (χ2v) is 9.13. The first-order valence-electron chi connectivity index (χ1n) is 11.1. The lowest BCUT2D eigenvalue weighted by Gasteiger charge is -2.21. The number of halogens is 1. The molecule has 0 unspecified atom stereocenters. The van der Waals surface area contributed by atoms with Crippen LogP contribution in [0.3, 0.4) is 0 Å². The first-order valence-corrected chi connectivity index (χ1v) is 11.1. The summed E-state index contributed by atoms with van der Waals surface area (Å²) < 4.78 is 15.0. The van der Waals surface area contributed by atoms with Gasteiger partial charge in [0, 0.05) is 54.9 Å². The fraction of sp³-hybridized carbons (Fsp3) is 0.375. The van der Waals surface area contributed by atoms with E-state index in [1.165, 1.54) is 0 Å². The summed E-state index contributed by atoms with van der Waals surface area (Å²) in [6.07, 6.45) is 4.79. The van der Waals surface area contributed by atoms with Crippen molar-refractivity contribution in [3.8, 4) is 17.0 Å². The zero-order valence-corrected chi connectivity index (χ0v) is 17.9. The number of pyridine rings is 2. The first kappa shape index (κ1) is 19.4. The normalized spacial score (nSPS) is 19.8. The number of benzene rings is 1. The van der Waals surface area contributed by atoms with E-state index in [-0.39, 0.29) is 18.0 Å². The predicted octanol–water partition coefficient (Wildman–Crippen LogP) is 3.56. The lowest BCUT2D eigenvalue weighted by atomic mass is 10.1. The summed E-state index contributed by atoms with van der Waals surface area (Å²) in [5.41, 5.74) is 3.45. The van der Waals surface area contributed by atoms with E-state index in [4.69, 9.17) is 9.97 Å². The van der Waals surface area contributed by atoms with Crippen molar-refractivity contribution < 1.29 is 9.50 Å². The summed E-state index contributed by atoms with van der Waals surface area (Å²) in [5, 5.41) is 19.3. The largest absolute Gasteiger partial charge is 0.507 e. The monoisotopic (exact) mass is 432 g/mol. The Morgan fingerprint density at radius 3 is 2.75 bits per heavy atom. The molecule has 1 saturated heterocycles. The molecule has 2 N–H and O–H groups in total. The van der Waals surface area contributed by atoms with E-state index in [9.17, 15) is 9.50 Å². The lowest BCUT2D eigenvalue weighted by Crippen LogP contribution is -2.43. The molecule has 32 heavy (non-hydrogen) atoms. The van der Waals surface area contributed by atoms with Crippen LogP contribution in [0.2, 0.25) is 0 Å². The molecular weight excluding hydrogens is 407 g/mol. The highest BCUT2D eigenvalue weighted by Gasteiger charge is 2.45. The van der Waals surface area contributed by atoms with E-state index >= 15 is 0 Å². The molecule has 0 bridgehead atoms. The van der Waals surface area contributed by atoms with Crippen LogP contribution in [-0.2, 0) is 7.05 Å². The number of aromatic hydroxyl groups is 1. The Kier molecular flexibility index (Phi) is 4.33. The summed E-state index contributed by atoms with van der Waals surface area (Å²) in [6.45, 7) is 1.46. The molecule has 1 saturated carbocycles. The van der Waals surface area contributed by atoms with E-state index in [0.29, 0.717) is 17.3 Å². The topological polar surface area (TPSA) is 79.1 Å². The third-order valence-electron chi connectivity index (χ3n) is 6.67. The average Bonchev–Trinajstić information content (AvgIpc) is 3.24. The number of aryl methyl sites for hydroxylation is 1. The van der Waals surface area contributed by atoms with Crippen molar-refractivity contribution in [3.05, 3.63) is 42.6 Å². The van der Waals surface area contributed by atoms with Crippen LogP contribution in [0.4, 0.5) is 10.2 Å². The van der Waals surface area contributed by atoms with E-state index < -0.39 is 0 Å². The number of nitrogens with one attached hydrogen (secondary N) is 1. The number of anilines is 1. The van der Waals surface area contributed by atoms with Crippen LogP contribution in [0.5, 0.6) is 5.75 Å². The molecule has 8 heteroatoms. The Morgan fingerprint density at radius 2 is 1.94 bits per heavy atom. The van der Waals surface area contributed by atoms with Crippen LogP contribution in [0.25, 0.3) is 33.2 Å². The number of phenolic OH excluding ortho intramolecular Hbond substituents is 1. The van der Waals surface area contributed by atoms with Gasteiger partial charge in [0.05, 0.1) is 22.2 Å². The van der Waals surface area contributed by atoms with Crippen molar-refractivity contribution in [2.45, 2.75) is 30.8 Å². The number of alkyl halides is 1. The minimum Gasteiger partial charge on any atom is -0.507 e. The van der Waals surface area contributed by atoms with Crippen LogP contribution in [0.1, 0.15) is 19.3 Å². The van der Waals surface area contributed by atoms with Gasteiger partial charge in [-0.3, -0.25) is 4.68 Å². The number of phenols is 1. The van der Waals surface area contributed by atoms with E-state index in [2.05, 4.69) is 15.3 Å². The predicted molar refractivity (Wildman–Crippen MR) is 123 cm³/mol. The molecular formula is C24H25FN6O. The maximum absolute atomic E-state index is 13.2. The number of fused-ring (bicyclic) bond motifs is 2. The number of rotatable bonds is 5. The minimum atomic E-state index is -0.283. The van der Waals surface area contributed by atoms with Gasteiger partial charge >= 0.3 is 0 Å². The summed E-state index contributed by atoms with van der Waals surface area (Å²) in [7, 11) is 1.86. The van der Waals surface area contributed by atoms with Crippen LogP contribution in [0, 0.1) is 0 Å². The van der Waals surface area contributed by atoms with Crippen LogP contribution in [-0.4, -0.2) is 56.2 Å². The van der Waals surface area contributed by atoms with Crippen molar-refractivity contribution in [2.75, 3.05) is 24.7 Å². The van der Waals surface area contributed by atoms with Crippen molar-refractivity contribution in [1.82, 2.24) is 25.1 Å². The summed E-state index contributed by atoms with van der Waals surface area (Å²) in [4.78, 5) is 11.8. The molecule has 164 valence electrons. The number of hydrogen-bond acceptors (Lipinski definition) is 6. The first-order chi connectivity index (χ1) is 15.5. The Hall–Kier alpha value is -3.26. The highest BCUT2D eigenvalue weighted by atomic mass is 19.1. The molecule has 0 spiro atoms.